The Kier molecular flexibility index (Phi) is 10.7. The van der Waals surface area contributed by atoms with Crippen LogP contribution in [0.25, 0.3) is 11.1 Å². The molecule has 0 spiro atoms. The van der Waals surface area contributed by atoms with E-state index in [1.54, 1.807) is 0 Å². The summed E-state index contributed by atoms with van der Waals surface area (Å²) < 4.78 is 92.0. The number of benzene rings is 1. The Morgan fingerprint density at radius 2 is 1.68 bits per heavy atom. The highest BCUT2D eigenvalue weighted by Crippen LogP contribution is 2.66. The van der Waals surface area contributed by atoms with E-state index in [1.165, 1.54) is 30.5 Å². The minimum atomic E-state index is -5.80. The van der Waals surface area contributed by atoms with Crippen LogP contribution in [0.3, 0.4) is 0 Å². The number of phosphoric acid groups is 3. The molecule has 3 heterocycles. The van der Waals surface area contributed by atoms with Crippen LogP contribution in [-0.2, 0) is 44.3 Å². The minimum Gasteiger partial charge on any atom is -0.385 e. The molecule has 4 rings (SSSR count). The van der Waals surface area contributed by atoms with Crippen LogP contribution in [0.15, 0.2) is 64.4 Å². The van der Waals surface area contributed by atoms with Crippen molar-refractivity contribution in [1.82, 2.24) is 14.1 Å². The molecule has 24 heteroatoms. The second-order valence-electron chi connectivity index (χ2n) is 9.97. The van der Waals surface area contributed by atoms with Gasteiger partial charge in [0.25, 0.3) is 5.56 Å². The Hall–Kier alpha value is -2.87. The van der Waals surface area contributed by atoms with Crippen molar-refractivity contribution in [1.29, 1.82) is 0 Å². The van der Waals surface area contributed by atoms with Gasteiger partial charge in [0.2, 0.25) is 0 Å². The first-order valence-corrected chi connectivity index (χ1v) is 17.4. The molecule has 1 aliphatic rings. The predicted molar refractivity (Wildman–Crippen MR) is 149 cm³/mol. The van der Waals surface area contributed by atoms with Gasteiger partial charge in [-0.25, -0.2) is 18.5 Å². The van der Waals surface area contributed by atoms with E-state index < -0.39 is 90.6 Å². The van der Waals surface area contributed by atoms with E-state index in [4.69, 9.17) is 14.5 Å². The first-order valence-electron chi connectivity index (χ1n) is 12.8. The number of nitrogens with zero attached hydrogens (tertiary/aromatic N) is 3. The van der Waals surface area contributed by atoms with Gasteiger partial charge in [0.15, 0.2) is 6.23 Å². The van der Waals surface area contributed by atoms with E-state index in [-0.39, 0.29) is 11.3 Å². The summed E-state index contributed by atoms with van der Waals surface area (Å²) in [5.74, 6) is 0. The number of pyridine rings is 1. The van der Waals surface area contributed by atoms with Crippen LogP contribution < -0.4 is 11.2 Å². The molecule has 0 aliphatic carbocycles. The fourth-order valence-corrected chi connectivity index (χ4v) is 7.43. The molecule has 3 aromatic rings. The van der Waals surface area contributed by atoms with E-state index in [0.29, 0.717) is 10.1 Å². The van der Waals surface area contributed by atoms with Crippen molar-refractivity contribution in [2.75, 3.05) is 13.2 Å². The number of alkyl halides is 3. The average Bonchev–Trinajstić information content (AvgIpc) is 3.22. The molecule has 1 saturated heterocycles. The summed E-state index contributed by atoms with van der Waals surface area (Å²) >= 11 is 0. The molecule has 1 aromatic carbocycles. The molecular formula is C23H25F3N3O15P3. The second kappa shape index (κ2) is 13.6. The van der Waals surface area contributed by atoms with Crippen LogP contribution in [0.2, 0.25) is 0 Å². The van der Waals surface area contributed by atoms with Crippen LogP contribution >= 0.6 is 23.5 Å². The number of aromatic nitrogens is 3. The van der Waals surface area contributed by atoms with E-state index in [9.17, 15) is 56.5 Å². The minimum absolute atomic E-state index is 0.104. The van der Waals surface area contributed by atoms with Crippen molar-refractivity contribution < 1.29 is 74.5 Å². The summed E-state index contributed by atoms with van der Waals surface area (Å²) in [4.78, 5) is 65.9. The number of phosphoric ester groups is 1. The van der Waals surface area contributed by atoms with Crippen molar-refractivity contribution in [2.24, 2.45) is 0 Å². The molecule has 5 unspecified atom stereocenters. The van der Waals surface area contributed by atoms with E-state index in [0.717, 1.165) is 29.0 Å². The lowest BCUT2D eigenvalue weighted by atomic mass is 9.95. The van der Waals surface area contributed by atoms with Gasteiger partial charge in [0, 0.05) is 24.9 Å². The summed E-state index contributed by atoms with van der Waals surface area (Å²) in [7, 11) is -17.0. The molecular weight excluding hydrogens is 708 g/mol. The van der Waals surface area contributed by atoms with Crippen molar-refractivity contribution in [3.8, 4) is 11.1 Å². The predicted octanol–water partition coefficient (Wildman–Crippen LogP) is 1.49. The quantitative estimate of drug-likeness (QED) is 0.144. The Bertz CT molecular complexity index is 1900. The first-order chi connectivity index (χ1) is 21.6. The van der Waals surface area contributed by atoms with Crippen molar-refractivity contribution in [3.63, 3.8) is 0 Å². The van der Waals surface area contributed by atoms with Gasteiger partial charge in [-0.3, -0.25) is 23.4 Å². The maximum absolute atomic E-state index is 13.3. The number of rotatable bonds is 12. The molecule has 258 valence electrons. The highest BCUT2D eigenvalue weighted by Gasteiger charge is 2.49. The Labute approximate surface area is 260 Å². The summed E-state index contributed by atoms with van der Waals surface area (Å²) in [5, 5.41) is 21.7. The van der Waals surface area contributed by atoms with Gasteiger partial charge in [-0.1, -0.05) is 12.1 Å². The van der Waals surface area contributed by atoms with Gasteiger partial charge in [0.05, 0.1) is 31.0 Å². The van der Waals surface area contributed by atoms with Gasteiger partial charge >= 0.3 is 35.3 Å². The summed E-state index contributed by atoms with van der Waals surface area (Å²) in [6, 6.07) is 8.20. The topological polar surface area (TPSA) is 266 Å². The molecule has 6 N–H and O–H groups in total. The largest absolute Gasteiger partial charge is 0.490 e. The highest BCUT2D eigenvalue weighted by molar-refractivity contribution is 7.66. The molecule has 5 atom stereocenters. The number of hydrogen-bond acceptors (Lipinski definition) is 12. The number of ether oxygens (including phenoxy) is 1. The summed E-state index contributed by atoms with van der Waals surface area (Å²) in [6.45, 7) is -2.14. The molecule has 2 aromatic heterocycles. The molecule has 0 bridgehead atoms. The van der Waals surface area contributed by atoms with Crippen LogP contribution in [0.5, 0.6) is 0 Å². The molecule has 1 fully saturated rings. The van der Waals surface area contributed by atoms with Crippen molar-refractivity contribution >= 4 is 23.5 Å². The van der Waals surface area contributed by atoms with Gasteiger partial charge in [-0.05, 0) is 35.4 Å². The molecule has 0 radical (unpaired) electrons. The molecule has 47 heavy (non-hydrogen) atoms. The third kappa shape index (κ3) is 9.39. The van der Waals surface area contributed by atoms with Crippen LogP contribution in [0.4, 0.5) is 13.2 Å². The van der Waals surface area contributed by atoms with Gasteiger partial charge in [-0.2, -0.15) is 21.8 Å². The number of aliphatic hydroxyl groups excluding tert-OH is 1. The van der Waals surface area contributed by atoms with Crippen LogP contribution in [0.1, 0.15) is 23.9 Å². The molecule has 1 aliphatic heterocycles. The zero-order valence-corrected chi connectivity index (χ0v) is 26.0. The van der Waals surface area contributed by atoms with E-state index in [2.05, 4.69) is 18.1 Å². The summed E-state index contributed by atoms with van der Waals surface area (Å²) in [6.07, 6.45) is -6.67. The second-order valence-corrected chi connectivity index (χ2v) is 14.4. The maximum atomic E-state index is 13.3. The Morgan fingerprint density at radius 1 is 1.00 bits per heavy atom. The van der Waals surface area contributed by atoms with E-state index >= 15 is 0 Å². The highest BCUT2D eigenvalue weighted by atomic mass is 31.3. The SMILES string of the molecule is O=c1ccn(C2OCC(O)(CCOP(=O)(O)OP(=O)(O)OP(=O)(O)O)C2O)c(=O)n1Cc1cc(-c2cccc(C(F)(F)F)c2)ccn1. The number of aliphatic hydroxyl groups is 2. The smallest absolute Gasteiger partial charge is 0.385 e. The maximum Gasteiger partial charge on any atom is 0.490 e. The first kappa shape index (κ1) is 37.0. The number of hydrogen-bond donors (Lipinski definition) is 6. The molecule has 18 nitrogen and oxygen atoms in total. The van der Waals surface area contributed by atoms with E-state index in [1.807, 2.05) is 0 Å². The standard InChI is InChI=1S/C23H25F3N3O15P3/c24-23(25,26)16-3-1-2-14(10-16)15-4-7-27-17(11-15)12-29-18(30)5-8-28(21(29)32)20-19(31)22(33,13-41-20)6-9-42-46(37,38)44-47(39,40)43-45(34,35)36/h1-5,7-8,10-11,19-20,31,33H,6,9,12-13H2,(H,37,38)(H,39,40)(H2,34,35,36). The lowest BCUT2D eigenvalue weighted by molar-refractivity contribution is -0.137. The van der Waals surface area contributed by atoms with Gasteiger partial charge in [-0.15, -0.1) is 0 Å². The zero-order valence-electron chi connectivity index (χ0n) is 23.4. The normalized spacial score (nSPS) is 22.9. The molecule has 0 saturated carbocycles. The number of halogens is 3. The van der Waals surface area contributed by atoms with Crippen LogP contribution in [0, 0.1) is 0 Å². The van der Waals surface area contributed by atoms with Crippen LogP contribution in [-0.4, -0.2) is 68.8 Å². The van der Waals surface area contributed by atoms with Gasteiger partial charge < -0.3 is 34.5 Å². The lowest BCUT2D eigenvalue weighted by Crippen LogP contribution is -2.47. The van der Waals surface area contributed by atoms with Gasteiger partial charge in [0.1, 0.15) is 11.7 Å². The zero-order chi connectivity index (χ0) is 35.0. The molecule has 0 amide bonds. The van der Waals surface area contributed by atoms with Crippen molar-refractivity contribution in [3.05, 3.63) is 87.0 Å². The fraction of sp³-hybridized carbons (Fsp3) is 0.348. The monoisotopic (exact) mass is 733 g/mol. The third-order valence-corrected chi connectivity index (χ3v) is 10.4. The fourth-order valence-electron chi connectivity index (χ4n) is 4.42. The average molecular weight is 733 g/mol. The summed E-state index contributed by atoms with van der Waals surface area (Å²) in [5.41, 5.74) is -4.44. The third-order valence-electron chi connectivity index (χ3n) is 6.56. The lowest BCUT2D eigenvalue weighted by Gasteiger charge is -2.27. The Balaban J connectivity index is 1.48. The van der Waals surface area contributed by atoms with Crippen molar-refractivity contribution in [2.45, 2.75) is 37.1 Å². The Morgan fingerprint density at radius 3 is 2.34 bits per heavy atom.